The molecule has 8 heteroatoms. The highest BCUT2D eigenvalue weighted by Gasteiger charge is 2.06. The van der Waals surface area contributed by atoms with Crippen LogP contribution in [0.2, 0.25) is 0 Å². The lowest BCUT2D eigenvalue weighted by molar-refractivity contribution is 0.187. The molecule has 110 valence electrons. The molecule has 1 unspecified atom stereocenters. The van der Waals surface area contributed by atoms with Crippen LogP contribution < -0.4 is 5.32 Å². The van der Waals surface area contributed by atoms with Crippen LogP contribution in [0, 0.1) is 12.3 Å². The Balaban J connectivity index is 2.95. The van der Waals surface area contributed by atoms with E-state index in [1.807, 2.05) is 0 Å². The summed E-state index contributed by atoms with van der Waals surface area (Å²) in [5, 5.41) is 2.36. The predicted molar refractivity (Wildman–Crippen MR) is 84.2 cm³/mol. The van der Waals surface area contributed by atoms with Crippen molar-refractivity contribution < 1.29 is 9.53 Å². The van der Waals surface area contributed by atoms with Gasteiger partial charge in [0.25, 0.3) is 0 Å². The molecule has 1 atom stereocenters. The number of aliphatic imine (C=N–C) groups is 2. The number of nitrogens with one attached hydrogen (secondary N) is 1. The molecule has 1 aromatic rings. The number of rotatable bonds is 3. The molecule has 6 nitrogen and oxygen atoms in total. The average molecular weight is 327 g/mol. The maximum atomic E-state index is 11.1. The molecule has 0 bridgehead atoms. The monoisotopic (exact) mass is 326 g/mol. The number of pyridine rings is 1. The van der Waals surface area contributed by atoms with Gasteiger partial charge in [-0.15, -0.1) is 6.42 Å². The molecule has 0 aliphatic heterocycles. The normalized spacial score (nSPS) is 13.3. The van der Waals surface area contributed by atoms with Crippen LogP contribution in [0.25, 0.3) is 0 Å². The average Bonchev–Trinajstić information content (AvgIpc) is 2.46. The van der Waals surface area contributed by atoms with E-state index in [-0.39, 0.29) is 5.29 Å². The molecule has 1 rings (SSSR count). The van der Waals surface area contributed by atoms with Crippen molar-refractivity contribution in [3.05, 3.63) is 23.9 Å². The lowest BCUT2D eigenvalue weighted by Crippen LogP contribution is -2.13. The number of hydrogen-bond acceptors (Lipinski definition) is 4. The number of carbonyl (C=O) groups is 1. The molecule has 1 N–H and O–H groups in total. The molecular weight excluding hydrogens is 315 g/mol. The van der Waals surface area contributed by atoms with Gasteiger partial charge in [0, 0.05) is 0 Å². The minimum absolute atomic E-state index is 0.0846. The molecule has 1 heterocycles. The lowest BCUT2D eigenvalue weighted by Gasteiger charge is -2.05. The van der Waals surface area contributed by atoms with Gasteiger partial charge in [0.05, 0.1) is 18.5 Å². The van der Waals surface area contributed by atoms with Gasteiger partial charge in [0.15, 0.2) is 5.50 Å². The zero-order valence-electron chi connectivity index (χ0n) is 11.3. The fourth-order valence-electron chi connectivity index (χ4n) is 1.22. The number of methoxy groups -OCH3 is 1. The minimum atomic E-state index is -0.880. The van der Waals surface area contributed by atoms with Gasteiger partial charge in [-0.3, -0.25) is 5.32 Å². The molecule has 21 heavy (non-hydrogen) atoms. The molecule has 0 aromatic carbocycles. The Labute approximate surface area is 132 Å². The quantitative estimate of drug-likeness (QED) is 0.305. The summed E-state index contributed by atoms with van der Waals surface area (Å²) in [6, 6.07) is 5.00. The van der Waals surface area contributed by atoms with Gasteiger partial charge < -0.3 is 4.74 Å². The largest absolute Gasteiger partial charge is 0.453 e. The zero-order valence-corrected chi connectivity index (χ0v) is 12.8. The number of alkyl halides is 1. The molecule has 1 amide bonds. The van der Waals surface area contributed by atoms with Crippen LogP contribution in [-0.2, 0) is 4.74 Å². The van der Waals surface area contributed by atoms with Gasteiger partial charge >= 0.3 is 6.09 Å². The van der Waals surface area contributed by atoms with Crippen LogP contribution in [0.3, 0.4) is 0 Å². The second kappa shape index (κ2) is 8.25. The third-order valence-electron chi connectivity index (χ3n) is 2.15. The Hall–Kier alpha value is -2.10. The van der Waals surface area contributed by atoms with Gasteiger partial charge in [-0.05, 0) is 30.7 Å². The number of terminal acetylenes is 1. The predicted octanol–water partition coefficient (Wildman–Crippen LogP) is 2.86. The van der Waals surface area contributed by atoms with E-state index in [1.54, 1.807) is 25.1 Å². The lowest BCUT2D eigenvalue weighted by atomic mass is 10.2. The summed E-state index contributed by atoms with van der Waals surface area (Å²) in [4.78, 5) is 23.1. The van der Waals surface area contributed by atoms with Crippen molar-refractivity contribution >= 4 is 46.1 Å². The Morgan fingerprint density at radius 1 is 1.57 bits per heavy atom. The van der Waals surface area contributed by atoms with Crippen LogP contribution in [0.5, 0.6) is 0 Å². The van der Waals surface area contributed by atoms with Crippen molar-refractivity contribution in [1.29, 1.82) is 0 Å². The number of halogens is 2. The fourth-order valence-corrected chi connectivity index (χ4v) is 1.58. The molecule has 0 spiro atoms. The second-order valence-corrected chi connectivity index (χ2v) is 4.37. The van der Waals surface area contributed by atoms with Crippen LogP contribution in [0.4, 0.5) is 10.6 Å². The number of amides is 1. The Morgan fingerprint density at radius 2 is 2.29 bits per heavy atom. The smallest absolute Gasteiger partial charge is 0.412 e. The summed E-state index contributed by atoms with van der Waals surface area (Å²) in [5.41, 5.74) is 0.108. The zero-order chi connectivity index (χ0) is 15.8. The molecule has 0 saturated heterocycles. The second-order valence-electron chi connectivity index (χ2n) is 3.62. The van der Waals surface area contributed by atoms with Gasteiger partial charge in [-0.25, -0.2) is 19.8 Å². The number of carbonyl (C=O) groups excluding carboxylic acids is 1. The maximum Gasteiger partial charge on any atom is 0.412 e. The summed E-state index contributed by atoms with van der Waals surface area (Å²) < 4.78 is 4.48. The molecule has 0 aliphatic carbocycles. The van der Waals surface area contributed by atoms with E-state index in [2.05, 4.69) is 30.9 Å². The standard InChI is InChI=1S/C13H12Cl2N4O2/c1-4-10(14)18-12(15)16-8(2)9-6-5-7-11(17-9)19-13(20)21-3/h1,5-7,10H,2-3H3,(H,17,19,20)/b16-8+,18-12-. The topological polar surface area (TPSA) is 75.9 Å². The third-order valence-corrected chi connectivity index (χ3v) is 2.56. The Kier molecular flexibility index (Phi) is 6.66. The summed E-state index contributed by atoms with van der Waals surface area (Å²) >= 11 is 11.4. The van der Waals surface area contributed by atoms with Gasteiger partial charge in [-0.1, -0.05) is 23.6 Å². The number of ether oxygens (including phenoxy) is 1. The summed E-state index contributed by atoms with van der Waals surface area (Å²) in [6.45, 7) is 1.68. The number of aromatic nitrogens is 1. The van der Waals surface area contributed by atoms with E-state index in [9.17, 15) is 4.79 Å². The van der Waals surface area contributed by atoms with Crippen LogP contribution in [0.15, 0.2) is 28.2 Å². The third kappa shape index (κ3) is 5.81. The molecule has 0 fully saturated rings. The van der Waals surface area contributed by atoms with E-state index >= 15 is 0 Å². The number of hydrogen-bond donors (Lipinski definition) is 1. The highest BCUT2D eigenvalue weighted by atomic mass is 35.5. The van der Waals surface area contributed by atoms with Gasteiger partial charge in [0.2, 0.25) is 5.29 Å². The summed E-state index contributed by atoms with van der Waals surface area (Å²) in [6.07, 6.45) is 4.46. The molecule has 0 radical (unpaired) electrons. The first-order chi connectivity index (χ1) is 9.96. The van der Waals surface area contributed by atoms with Gasteiger partial charge in [0.1, 0.15) is 5.82 Å². The fraction of sp³-hybridized carbons (Fsp3) is 0.231. The first kappa shape index (κ1) is 17.0. The van der Waals surface area contributed by atoms with Gasteiger partial charge in [-0.2, -0.15) is 0 Å². The van der Waals surface area contributed by atoms with Crippen molar-refractivity contribution in [3.8, 4) is 12.3 Å². The van der Waals surface area contributed by atoms with E-state index in [4.69, 9.17) is 29.6 Å². The van der Waals surface area contributed by atoms with E-state index in [1.165, 1.54) is 7.11 Å². The maximum absolute atomic E-state index is 11.1. The van der Waals surface area contributed by atoms with Crippen molar-refractivity contribution in [2.45, 2.75) is 12.4 Å². The number of amidine groups is 1. The molecule has 0 saturated carbocycles. The number of nitrogens with zero attached hydrogens (tertiary/aromatic N) is 3. The highest BCUT2D eigenvalue weighted by molar-refractivity contribution is 6.66. The summed E-state index contributed by atoms with van der Waals surface area (Å²) in [5.74, 6) is 2.51. The highest BCUT2D eigenvalue weighted by Crippen LogP contribution is 2.08. The first-order valence-electron chi connectivity index (χ1n) is 5.67. The SMILES string of the molecule is C#CC(Cl)/N=C(Cl)\N=C(/C)c1cccc(NC(=O)OC)n1. The van der Waals surface area contributed by atoms with Crippen LogP contribution in [0.1, 0.15) is 12.6 Å². The van der Waals surface area contributed by atoms with Crippen molar-refractivity contribution in [2.24, 2.45) is 9.98 Å². The van der Waals surface area contributed by atoms with E-state index < -0.39 is 11.6 Å². The van der Waals surface area contributed by atoms with Crippen molar-refractivity contribution in [3.63, 3.8) is 0 Å². The van der Waals surface area contributed by atoms with E-state index in [0.29, 0.717) is 17.2 Å². The van der Waals surface area contributed by atoms with E-state index in [0.717, 1.165) is 0 Å². The Bertz CT molecular complexity index is 623. The van der Waals surface area contributed by atoms with Crippen LogP contribution >= 0.6 is 23.2 Å². The molecule has 1 aromatic heterocycles. The van der Waals surface area contributed by atoms with Crippen LogP contribution in [-0.4, -0.2) is 34.7 Å². The molecular formula is C13H12Cl2N4O2. The minimum Gasteiger partial charge on any atom is -0.453 e. The first-order valence-corrected chi connectivity index (χ1v) is 6.49. The summed E-state index contributed by atoms with van der Waals surface area (Å²) in [7, 11) is 1.26. The molecule has 0 aliphatic rings. The number of anilines is 1. The van der Waals surface area contributed by atoms with Crippen molar-refractivity contribution in [1.82, 2.24) is 4.98 Å². The van der Waals surface area contributed by atoms with Crippen molar-refractivity contribution in [2.75, 3.05) is 12.4 Å². The Morgan fingerprint density at radius 3 is 2.90 bits per heavy atom.